The maximum atomic E-state index is 13.2. The number of ether oxygens (including phenoxy) is 2. The quantitative estimate of drug-likeness (QED) is 0.527. The van der Waals surface area contributed by atoms with E-state index in [2.05, 4.69) is 10.3 Å². The number of methoxy groups -OCH3 is 2. The first-order chi connectivity index (χ1) is 14.5. The number of hydrogen-bond donors (Lipinski definition) is 1. The lowest BCUT2D eigenvalue weighted by molar-refractivity contribution is 0.102. The number of anilines is 1. The molecule has 2 heterocycles. The Morgan fingerprint density at radius 2 is 1.87 bits per heavy atom. The van der Waals surface area contributed by atoms with E-state index in [-0.39, 0.29) is 5.56 Å². The molecule has 0 aliphatic heterocycles. The Kier molecular flexibility index (Phi) is 5.24. The molecule has 152 valence electrons. The van der Waals surface area contributed by atoms with Gasteiger partial charge in [-0.1, -0.05) is 29.8 Å². The molecule has 0 saturated heterocycles. The Bertz CT molecular complexity index is 1290. The number of benzene rings is 2. The van der Waals surface area contributed by atoms with Crippen molar-refractivity contribution in [2.45, 2.75) is 6.92 Å². The number of amides is 1. The predicted octanol–water partition coefficient (Wildman–Crippen LogP) is 4.00. The second-order valence-electron chi connectivity index (χ2n) is 6.60. The van der Waals surface area contributed by atoms with E-state index in [0.717, 1.165) is 11.1 Å². The van der Waals surface area contributed by atoms with Gasteiger partial charge in [0.05, 0.1) is 25.6 Å². The lowest BCUT2D eigenvalue weighted by Crippen LogP contribution is -2.26. The van der Waals surface area contributed by atoms with Crippen molar-refractivity contribution >= 4 is 27.9 Å². The number of nitrogens with zero attached hydrogens (tertiary/aromatic N) is 2. The van der Waals surface area contributed by atoms with Crippen molar-refractivity contribution in [3.63, 3.8) is 0 Å². The summed E-state index contributed by atoms with van der Waals surface area (Å²) < 4.78 is 11.9. The van der Waals surface area contributed by atoms with Crippen LogP contribution in [-0.4, -0.2) is 29.5 Å². The average molecular weight is 421 g/mol. The van der Waals surface area contributed by atoms with Crippen LogP contribution in [0.1, 0.15) is 15.9 Å². The summed E-state index contributed by atoms with van der Waals surface area (Å²) in [5.74, 6) is 0.452. The smallest absolute Gasteiger partial charge is 0.271 e. The van der Waals surface area contributed by atoms with Crippen LogP contribution in [0.2, 0.25) is 0 Å². The van der Waals surface area contributed by atoms with Crippen molar-refractivity contribution in [2.75, 3.05) is 19.5 Å². The number of hydrogen-bond acceptors (Lipinski definition) is 6. The number of aryl methyl sites for hydroxylation is 1. The van der Waals surface area contributed by atoms with Gasteiger partial charge in [0, 0.05) is 17.6 Å². The third kappa shape index (κ3) is 3.53. The van der Waals surface area contributed by atoms with Crippen LogP contribution in [0.5, 0.6) is 11.5 Å². The summed E-state index contributed by atoms with van der Waals surface area (Å²) in [7, 11) is 3.04. The molecular weight excluding hydrogens is 402 g/mol. The lowest BCUT2D eigenvalue weighted by Gasteiger charge is -2.11. The first-order valence-corrected chi connectivity index (χ1v) is 9.99. The van der Waals surface area contributed by atoms with E-state index in [1.54, 1.807) is 25.3 Å². The van der Waals surface area contributed by atoms with Crippen molar-refractivity contribution in [3.8, 4) is 22.8 Å². The Morgan fingerprint density at radius 3 is 2.57 bits per heavy atom. The molecule has 0 aliphatic carbocycles. The lowest BCUT2D eigenvalue weighted by atomic mass is 10.1. The summed E-state index contributed by atoms with van der Waals surface area (Å²) in [6.07, 6.45) is 1.30. The van der Waals surface area contributed by atoms with Crippen LogP contribution in [0.25, 0.3) is 16.2 Å². The molecule has 8 heteroatoms. The molecule has 1 amide bonds. The second kappa shape index (κ2) is 8.00. The highest BCUT2D eigenvalue weighted by atomic mass is 32.1. The van der Waals surface area contributed by atoms with Crippen molar-refractivity contribution < 1.29 is 14.3 Å². The zero-order chi connectivity index (χ0) is 21.3. The van der Waals surface area contributed by atoms with E-state index in [4.69, 9.17) is 9.47 Å². The van der Waals surface area contributed by atoms with E-state index in [9.17, 15) is 9.59 Å². The predicted molar refractivity (Wildman–Crippen MR) is 117 cm³/mol. The zero-order valence-corrected chi connectivity index (χ0v) is 17.4. The minimum absolute atomic E-state index is 0.0582. The maximum absolute atomic E-state index is 13.2. The van der Waals surface area contributed by atoms with E-state index >= 15 is 0 Å². The van der Waals surface area contributed by atoms with Gasteiger partial charge >= 0.3 is 0 Å². The Labute approximate surface area is 176 Å². The van der Waals surface area contributed by atoms with Crippen LogP contribution in [0, 0.1) is 6.92 Å². The molecule has 1 N–H and O–H groups in total. The number of aromatic nitrogens is 2. The molecule has 0 saturated carbocycles. The van der Waals surface area contributed by atoms with Gasteiger partial charge in [0.25, 0.3) is 11.5 Å². The van der Waals surface area contributed by atoms with Crippen molar-refractivity contribution in [1.82, 2.24) is 9.38 Å². The normalized spacial score (nSPS) is 10.8. The summed E-state index contributed by atoms with van der Waals surface area (Å²) in [5, 5.41) is 4.59. The summed E-state index contributed by atoms with van der Waals surface area (Å²) >= 11 is 1.35. The molecule has 2 aromatic heterocycles. The van der Waals surface area contributed by atoms with Gasteiger partial charge in [-0.3, -0.25) is 14.0 Å². The Hall–Kier alpha value is -3.65. The van der Waals surface area contributed by atoms with Gasteiger partial charge in [-0.15, -0.1) is 11.3 Å². The molecule has 0 fully saturated rings. The summed E-state index contributed by atoms with van der Waals surface area (Å²) in [5.41, 5.74) is 2.64. The Morgan fingerprint density at radius 1 is 1.10 bits per heavy atom. The number of fused-ring (bicyclic) bond motifs is 1. The van der Waals surface area contributed by atoms with E-state index in [0.29, 0.717) is 27.8 Å². The van der Waals surface area contributed by atoms with Crippen LogP contribution >= 0.6 is 11.3 Å². The monoisotopic (exact) mass is 421 g/mol. The molecule has 0 unspecified atom stereocenters. The third-order valence-corrected chi connectivity index (χ3v) is 5.53. The standard InChI is InChI=1S/C22H19N3O4S/c1-13-4-6-14(7-5-13)18-12-30-22-23-11-16(21(27)25(18)22)20(26)24-17-9-8-15(28-2)10-19(17)29-3/h4-12H,1-3H3,(H,24,26). The molecule has 7 nitrogen and oxygen atoms in total. The molecule has 0 bridgehead atoms. The van der Waals surface area contributed by atoms with Crippen molar-refractivity contribution in [1.29, 1.82) is 0 Å². The van der Waals surface area contributed by atoms with Gasteiger partial charge in [-0.05, 0) is 24.6 Å². The SMILES string of the molecule is COc1ccc(NC(=O)c2cnc3scc(-c4ccc(C)cc4)n3c2=O)c(OC)c1. The van der Waals surface area contributed by atoms with Gasteiger partial charge in [0.2, 0.25) is 0 Å². The second-order valence-corrected chi connectivity index (χ2v) is 7.44. The van der Waals surface area contributed by atoms with E-state index in [1.165, 1.54) is 29.0 Å². The zero-order valence-electron chi connectivity index (χ0n) is 16.6. The first kappa shape index (κ1) is 19.7. The van der Waals surface area contributed by atoms with Gasteiger partial charge in [0.1, 0.15) is 17.1 Å². The largest absolute Gasteiger partial charge is 0.497 e. The topological polar surface area (TPSA) is 81.9 Å². The number of carbonyl (C=O) groups excluding carboxylic acids is 1. The summed E-state index contributed by atoms with van der Waals surface area (Å²) in [4.78, 5) is 30.9. The highest BCUT2D eigenvalue weighted by molar-refractivity contribution is 7.15. The molecule has 30 heavy (non-hydrogen) atoms. The van der Waals surface area contributed by atoms with E-state index in [1.807, 2.05) is 36.6 Å². The van der Waals surface area contributed by atoms with Crippen molar-refractivity contribution in [2.24, 2.45) is 0 Å². The minimum atomic E-state index is -0.563. The highest BCUT2D eigenvalue weighted by Gasteiger charge is 2.18. The summed E-state index contributed by atoms with van der Waals surface area (Å²) in [6, 6.07) is 12.8. The molecule has 0 spiro atoms. The maximum Gasteiger partial charge on any atom is 0.271 e. The number of nitrogens with one attached hydrogen (secondary N) is 1. The fraction of sp³-hybridized carbons (Fsp3) is 0.136. The summed E-state index contributed by atoms with van der Waals surface area (Å²) in [6.45, 7) is 2.00. The molecule has 0 aliphatic rings. The van der Waals surface area contributed by atoms with Crippen LogP contribution in [-0.2, 0) is 0 Å². The Balaban J connectivity index is 1.74. The fourth-order valence-electron chi connectivity index (χ4n) is 3.07. The number of rotatable bonds is 5. The molecule has 4 rings (SSSR count). The fourth-order valence-corrected chi connectivity index (χ4v) is 3.92. The molecule has 0 radical (unpaired) electrons. The minimum Gasteiger partial charge on any atom is -0.497 e. The first-order valence-electron chi connectivity index (χ1n) is 9.11. The van der Waals surface area contributed by atoms with Crippen LogP contribution < -0.4 is 20.3 Å². The van der Waals surface area contributed by atoms with Crippen LogP contribution in [0.15, 0.2) is 58.8 Å². The highest BCUT2D eigenvalue weighted by Crippen LogP contribution is 2.29. The molecular formula is C22H19N3O4S. The van der Waals surface area contributed by atoms with Crippen LogP contribution in [0.3, 0.4) is 0 Å². The van der Waals surface area contributed by atoms with Gasteiger partial charge < -0.3 is 14.8 Å². The van der Waals surface area contributed by atoms with E-state index < -0.39 is 11.5 Å². The number of carbonyl (C=O) groups is 1. The molecule has 2 aromatic carbocycles. The van der Waals surface area contributed by atoms with Crippen molar-refractivity contribution in [3.05, 3.63) is 75.5 Å². The average Bonchev–Trinajstić information content (AvgIpc) is 3.19. The van der Waals surface area contributed by atoms with Gasteiger partial charge in [-0.2, -0.15) is 0 Å². The van der Waals surface area contributed by atoms with Crippen LogP contribution in [0.4, 0.5) is 5.69 Å². The number of thiazole rings is 1. The van der Waals surface area contributed by atoms with Gasteiger partial charge in [0.15, 0.2) is 4.96 Å². The third-order valence-electron chi connectivity index (χ3n) is 4.69. The molecule has 0 atom stereocenters. The van der Waals surface area contributed by atoms with Gasteiger partial charge in [-0.25, -0.2) is 4.98 Å². The molecule has 4 aromatic rings.